The van der Waals surface area contributed by atoms with Gasteiger partial charge in [-0.25, -0.2) is 0 Å². The zero-order valence-corrected chi connectivity index (χ0v) is 17.1. The van der Waals surface area contributed by atoms with Crippen molar-refractivity contribution in [3.05, 3.63) is 17.5 Å². The van der Waals surface area contributed by atoms with Crippen LogP contribution in [0.4, 0.5) is 0 Å². The summed E-state index contributed by atoms with van der Waals surface area (Å²) in [7, 11) is 1.85. The summed E-state index contributed by atoms with van der Waals surface area (Å²) >= 11 is 0. The summed E-state index contributed by atoms with van der Waals surface area (Å²) in [5.74, 6) is 0.218. The molecule has 0 spiro atoms. The van der Waals surface area contributed by atoms with Crippen LogP contribution in [0.3, 0.4) is 0 Å². The Balaban J connectivity index is 1.21. The number of carbonyl (C=O) groups is 2. The Morgan fingerprint density at radius 3 is 2.18 bits per heavy atom. The van der Waals surface area contributed by atoms with Crippen molar-refractivity contribution in [2.45, 2.75) is 32.2 Å². The molecular formula is C20H32N6O2. The summed E-state index contributed by atoms with van der Waals surface area (Å²) in [5, 5.41) is 4.29. The Morgan fingerprint density at radius 2 is 1.64 bits per heavy atom. The highest BCUT2D eigenvalue weighted by Gasteiger charge is 2.30. The molecule has 0 bridgehead atoms. The maximum atomic E-state index is 12.7. The maximum Gasteiger partial charge on any atom is 0.274 e. The molecule has 0 radical (unpaired) electrons. The monoisotopic (exact) mass is 388 g/mol. The fourth-order valence-corrected chi connectivity index (χ4v) is 4.32. The molecule has 2 aliphatic heterocycles. The summed E-state index contributed by atoms with van der Waals surface area (Å²) in [6.07, 6.45) is 4.02. The van der Waals surface area contributed by atoms with Gasteiger partial charge in [0.2, 0.25) is 5.91 Å². The fourth-order valence-electron chi connectivity index (χ4n) is 4.32. The van der Waals surface area contributed by atoms with E-state index in [4.69, 9.17) is 0 Å². The first-order valence-corrected chi connectivity index (χ1v) is 10.6. The van der Waals surface area contributed by atoms with Gasteiger partial charge in [-0.2, -0.15) is 5.10 Å². The molecule has 2 saturated heterocycles. The lowest BCUT2D eigenvalue weighted by atomic mass is 9.91. The van der Waals surface area contributed by atoms with Gasteiger partial charge in [0, 0.05) is 71.1 Å². The van der Waals surface area contributed by atoms with Gasteiger partial charge in [0.15, 0.2) is 5.69 Å². The largest absolute Gasteiger partial charge is 0.339 e. The first-order valence-electron chi connectivity index (χ1n) is 10.6. The van der Waals surface area contributed by atoms with Gasteiger partial charge in [-0.3, -0.25) is 24.1 Å². The predicted molar refractivity (Wildman–Crippen MR) is 106 cm³/mol. The molecule has 1 aromatic rings. The second-order valence-corrected chi connectivity index (χ2v) is 8.36. The molecule has 28 heavy (non-hydrogen) atoms. The normalized spacial score (nSPS) is 22.4. The topological polar surface area (TPSA) is 64.9 Å². The van der Waals surface area contributed by atoms with E-state index in [0.29, 0.717) is 25.3 Å². The van der Waals surface area contributed by atoms with Crippen LogP contribution in [-0.2, 0) is 11.8 Å². The van der Waals surface area contributed by atoms with Crippen LogP contribution in [0.15, 0.2) is 6.07 Å². The van der Waals surface area contributed by atoms with Crippen molar-refractivity contribution in [1.82, 2.24) is 29.4 Å². The maximum absolute atomic E-state index is 12.7. The molecule has 0 aromatic carbocycles. The number of aryl methyl sites for hydroxylation is 2. The number of hydrogen-bond donors (Lipinski definition) is 0. The Hall–Kier alpha value is -1.93. The van der Waals surface area contributed by atoms with E-state index in [9.17, 15) is 9.59 Å². The number of carbonyl (C=O) groups excluding carboxylic acids is 2. The molecule has 3 fully saturated rings. The quantitative estimate of drug-likeness (QED) is 0.737. The summed E-state index contributed by atoms with van der Waals surface area (Å²) in [6.45, 7) is 8.93. The first-order chi connectivity index (χ1) is 13.5. The Morgan fingerprint density at radius 1 is 1.00 bits per heavy atom. The van der Waals surface area contributed by atoms with Crippen LogP contribution in [-0.4, -0.2) is 106 Å². The van der Waals surface area contributed by atoms with Gasteiger partial charge < -0.3 is 9.80 Å². The molecule has 2 amide bonds. The third-order valence-corrected chi connectivity index (χ3v) is 6.61. The number of rotatable bonds is 4. The van der Waals surface area contributed by atoms with Gasteiger partial charge in [0.05, 0.1) is 6.54 Å². The molecule has 0 atom stereocenters. The van der Waals surface area contributed by atoms with Crippen molar-refractivity contribution in [2.24, 2.45) is 7.05 Å². The van der Waals surface area contributed by atoms with Crippen LogP contribution in [0, 0.1) is 6.92 Å². The van der Waals surface area contributed by atoms with Crippen molar-refractivity contribution < 1.29 is 9.59 Å². The highest BCUT2D eigenvalue weighted by Crippen LogP contribution is 2.25. The number of aromatic nitrogens is 2. The molecule has 1 saturated carbocycles. The van der Waals surface area contributed by atoms with Gasteiger partial charge in [0.25, 0.3) is 5.91 Å². The molecule has 3 aliphatic rings. The summed E-state index contributed by atoms with van der Waals surface area (Å²) in [4.78, 5) is 33.9. The lowest BCUT2D eigenvalue weighted by Crippen LogP contribution is -2.56. The predicted octanol–water partition coefficient (Wildman–Crippen LogP) is 0.183. The van der Waals surface area contributed by atoms with E-state index in [0.717, 1.165) is 51.0 Å². The highest BCUT2D eigenvalue weighted by molar-refractivity contribution is 5.92. The molecule has 3 heterocycles. The Bertz CT molecular complexity index is 693. The van der Waals surface area contributed by atoms with E-state index >= 15 is 0 Å². The molecule has 0 N–H and O–H groups in total. The van der Waals surface area contributed by atoms with Gasteiger partial charge in [-0.1, -0.05) is 6.42 Å². The smallest absolute Gasteiger partial charge is 0.274 e. The molecule has 1 aromatic heterocycles. The van der Waals surface area contributed by atoms with Crippen molar-refractivity contribution in [1.29, 1.82) is 0 Å². The van der Waals surface area contributed by atoms with Crippen molar-refractivity contribution in [2.75, 3.05) is 58.9 Å². The minimum absolute atomic E-state index is 0.0122. The molecule has 1 aliphatic carbocycles. The molecule has 0 unspecified atom stereocenters. The minimum Gasteiger partial charge on any atom is -0.339 e. The molecule has 154 valence electrons. The average molecular weight is 389 g/mol. The number of amides is 2. The van der Waals surface area contributed by atoms with Crippen LogP contribution < -0.4 is 0 Å². The SMILES string of the molecule is Cc1cc(C(=O)N2CCN(CC(=O)N3CCN(C4CCC4)CC3)CC2)nn1C. The van der Waals surface area contributed by atoms with Gasteiger partial charge in [-0.15, -0.1) is 0 Å². The standard InChI is InChI=1S/C20H32N6O2/c1-16-14-18(21-22(16)2)20(28)26-8-6-23(7-9-26)15-19(27)25-12-10-24(11-13-25)17-4-3-5-17/h14,17H,3-13,15H2,1-2H3. The van der Waals surface area contributed by atoms with Crippen molar-refractivity contribution >= 4 is 11.8 Å². The molecule has 4 rings (SSSR count). The molecule has 8 heteroatoms. The van der Waals surface area contributed by atoms with E-state index in [2.05, 4.69) is 14.9 Å². The fraction of sp³-hybridized carbons (Fsp3) is 0.750. The van der Waals surface area contributed by atoms with E-state index < -0.39 is 0 Å². The first kappa shape index (κ1) is 19.4. The molecular weight excluding hydrogens is 356 g/mol. The van der Waals surface area contributed by atoms with Gasteiger partial charge in [-0.05, 0) is 25.8 Å². The lowest BCUT2D eigenvalue weighted by Gasteiger charge is -2.43. The third kappa shape index (κ3) is 4.07. The number of hydrogen-bond acceptors (Lipinski definition) is 5. The zero-order valence-electron chi connectivity index (χ0n) is 17.1. The lowest BCUT2D eigenvalue weighted by molar-refractivity contribution is -0.135. The van der Waals surface area contributed by atoms with Crippen molar-refractivity contribution in [3.8, 4) is 0 Å². The average Bonchev–Trinajstić information content (AvgIpc) is 3.00. The van der Waals surface area contributed by atoms with Gasteiger partial charge in [0.1, 0.15) is 0 Å². The summed E-state index contributed by atoms with van der Waals surface area (Å²) in [5.41, 5.74) is 1.49. The number of piperazine rings is 2. The third-order valence-electron chi connectivity index (χ3n) is 6.61. The summed E-state index contributed by atoms with van der Waals surface area (Å²) in [6, 6.07) is 2.60. The van der Waals surface area contributed by atoms with E-state index in [-0.39, 0.29) is 11.8 Å². The van der Waals surface area contributed by atoms with Crippen LogP contribution in [0.5, 0.6) is 0 Å². The van der Waals surface area contributed by atoms with Crippen LogP contribution in [0.1, 0.15) is 35.4 Å². The Kier molecular flexibility index (Phi) is 5.68. The van der Waals surface area contributed by atoms with E-state index in [1.54, 1.807) is 4.68 Å². The van der Waals surface area contributed by atoms with Crippen LogP contribution in [0.25, 0.3) is 0 Å². The summed E-state index contributed by atoms with van der Waals surface area (Å²) < 4.78 is 1.73. The van der Waals surface area contributed by atoms with Gasteiger partial charge >= 0.3 is 0 Å². The zero-order chi connectivity index (χ0) is 19.7. The van der Waals surface area contributed by atoms with Crippen LogP contribution in [0.2, 0.25) is 0 Å². The number of nitrogens with zero attached hydrogens (tertiary/aromatic N) is 6. The Labute approximate surface area is 167 Å². The second kappa shape index (κ2) is 8.21. The van der Waals surface area contributed by atoms with Crippen molar-refractivity contribution in [3.63, 3.8) is 0 Å². The van der Waals surface area contributed by atoms with E-state index in [1.165, 1.54) is 19.3 Å². The minimum atomic E-state index is -0.0122. The second-order valence-electron chi connectivity index (χ2n) is 8.36. The highest BCUT2D eigenvalue weighted by atomic mass is 16.2. The molecule has 8 nitrogen and oxygen atoms in total. The van der Waals surface area contributed by atoms with E-state index in [1.807, 2.05) is 29.8 Å². The van der Waals surface area contributed by atoms with Crippen LogP contribution >= 0.6 is 0 Å².